The maximum Gasteiger partial charge on any atom is 0.0827 e. The SMILES string of the molecule is C=C(C)C[C@@H](O)c1cc(C)cc(C)c1. The average Bonchev–Trinajstić information content (AvgIpc) is 2.00. The number of aliphatic hydroxyl groups is 1. The third-order valence-corrected chi connectivity index (χ3v) is 2.17. The van der Waals surface area contributed by atoms with Crippen LogP contribution in [0.1, 0.15) is 36.1 Å². The Balaban J connectivity index is 2.89. The van der Waals surface area contributed by atoms with Crippen molar-refractivity contribution >= 4 is 0 Å². The maximum atomic E-state index is 9.88. The van der Waals surface area contributed by atoms with Crippen LogP contribution in [0, 0.1) is 13.8 Å². The molecule has 1 heteroatoms. The van der Waals surface area contributed by atoms with E-state index in [0.717, 1.165) is 11.1 Å². The van der Waals surface area contributed by atoms with E-state index in [1.54, 1.807) is 0 Å². The summed E-state index contributed by atoms with van der Waals surface area (Å²) < 4.78 is 0. The van der Waals surface area contributed by atoms with Crippen LogP contribution in [-0.2, 0) is 0 Å². The van der Waals surface area contributed by atoms with Crippen LogP contribution in [0.5, 0.6) is 0 Å². The Morgan fingerprint density at radius 3 is 2.21 bits per heavy atom. The second kappa shape index (κ2) is 4.43. The lowest BCUT2D eigenvalue weighted by atomic mass is 9.99. The number of aliphatic hydroxyl groups excluding tert-OH is 1. The summed E-state index contributed by atoms with van der Waals surface area (Å²) in [6.45, 7) is 9.83. The van der Waals surface area contributed by atoms with Gasteiger partial charge in [0.2, 0.25) is 0 Å². The molecule has 0 aliphatic rings. The Kier molecular flexibility index (Phi) is 3.48. The summed E-state index contributed by atoms with van der Waals surface area (Å²) in [7, 11) is 0. The molecule has 0 aliphatic heterocycles. The molecule has 1 aromatic carbocycles. The van der Waals surface area contributed by atoms with Gasteiger partial charge in [0.25, 0.3) is 0 Å². The Bertz CT molecular complexity index is 319. The van der Waals surface area contributed by atoms with Crippen LogP contribution in [0.4, 0.5) is 0 Å². The molecule has 0 fully saturated rings. The van der Waals surface area contributed by atoms with Gasteiger partial charge in [-0.15, -0.1) is 6.58 Å². The lowest BCUT2D eigenvalue weighted by molar-refractivity contribution is 0.178. The molecule has 0 saturated heterocycles. The number of hydrogen-bond acceptors (Lipinski definition) is 1. The van der Waals surface area contributed by atoms with Crippen LogP contribution in [0.2, 0.25) is 0 Å². The molecule has 0 amide bonds. The molecule has 0 radical (unpaired) electrons. The van der Waals surface area contributed by atoms with Gasteiger partial charge in [-0.05, 0) is 32.8 Å². The molecule has 1 atom stereocenters. The van der Waals surface area contributed by atoms with Gasteiger partial charge < -0.3 is 5.11 Å². The largest absolute Gasteiger partial charge is 0.388 e. The zero-order valence-corrected chi connectivity index (χ0v) is 9.17. The molecule has 1 rings (SSSR count). The van der Waals surface area contributed by atoms with Crippen molar-refractivity contribution in [2.45, 2.75) is 33.3 Å². The van der Waals surface area contributed by atoms with E-state index in [1.807, 2.05) is 32.9 Å². The van der Waals surface area contributed by atoms with Crippen molar-refractivity contribution in [1.82, 2.24) is 0 Å². The fourth-order valence-corrected chi connectivity index (χ4v) is 1.65. The van der Waals surface area contributed by atoms with Crippen LogP contribution in [0.25, 0.3) is 0 Å². The topological polar surface area (TPSA) is 20.2 Å². The predicted octanol–water partition coefficient (Wildman–Crippen LogP) is 3.30. The van der Waals surface area contributed by atoms with Crippen LogP contribution >= 0.6 is 0 Å². The van der Waals surface area contributed by atoms with Crippen LogP contribution in [-0.4, -0.2) is 5.11 Å². The van der Waals surface area contributed by atoms with Crippen molar-refractivity contribution in [3.63, 3.8) is 0 Å². The predicted molar refractivity (Wildman–Crippen MR) is 60.3 cm³/mol. The fourth-order valence-electron chi connectivity index (χ4n) is 1.65. The molecule has 1 nitrogen and oxygen atoms in total. The summed E-state index contributed by atoms with van der Waals surface area (Å²) in [5.74, 6) is 0. The average molecular weight is 190 g/mol. The van der Waals surface area contributed by atoms with E-state index in [-0.39, 0.29) is 0 Å². The zero-order valence-electron chi connectivity index (χ0n) is 9.17. The molecule has 0 bridgehead atoms. The first kappa shape index (κ1) is 11.0. The fraction of sp³-hybridized carbons (Fsp3) is 0.385. The lowest BCUT2D eigenvalue weighted by Gasteiger charge is -2.12. The molecular formula is C13H18O. The van der Waals surface area contributed by atoms with Gasteiger partial charge >= 0.3 is 0 Å². The van der Waals surface area contributed by atoms with E-state index in [4.69, 9.17) is 0 Å². The Labute approximate surface area is 86.1 Å². The highest BCUT2D eigenvalue weighted by Gasteiger charge is 2.07. The molecule has 1 aromatic rings. The third-order valence-electron chi connectivity index (χ3n) is 2.17. The molecule has 14 heavy (non-hydrogen) atoms. The highest BCUT2D eigenvalue weighted by Crippen LogP contribution is 2.22. The maximum absolute atomic E-state index is 9.88. The summed E-state index contributed by atoms with van der Waals surface area (Å²) in [4.78, 5) is 0. The lowest BCUT2D eigenvalue weighted by Crippen LogP contribution is -1.98. The standard InChI is InChI=1S/C13H18O/c1-9(2)5-13(14)12-7-10(3)6-11(4)8-12/h6-8,13-14H,1,5H2,2-4H3/t13-/m1/s1. The minimum absolute atomic E-state index is 0.411. The molecule has 0 spiro atoms. The van der Waals surface area contributed by atoms with Gasteiger partial charge in [-0.25, -0.2) is 0 Å². The molecule has 1 N–H and O–H groups in total. The van der Waals surface area contributed by atoms with Gasteiger partial charge in [-0.2, -0.15) is 0 Å². The quantitative estimate of drug-likeness (QED) is 0.725. The zero-order chi connectivity index (χ0) is 10.7. The van der Waals surface area contributed by atoms with Crippen molar-refractivity contribution in [3.05, 3.63) is 47.0 Å². The highest BCUT2D eigenvalue weighted by atomic mass is 16.3. The van der Waals surface area contributed by atoms with E-state index in [2.05, 4.69) is 12.6 Å². The minimum atomic E-state index is -0.411. The monoisotopic (exact) mass is 190 g/mol. The minimum Gasteiger partial charge on any atom is -0.388 e. The van der Waals surface area contributed by atoms with Gasteiger partial charge in [0.1, 0.15) is 0 Å². The van der Waals surface area contributed by atoms with Crippen LogP contribution in [0.15, 0.2) is 30.4 Å². The van der Waals surface area contributed by atoms with Crippen molar-refractivity contribution in [2.75, 3.05) is 0 Å². The second-order valence-corrected chi connectivity index (χ2v) is 4.10. The number of rotatable bonds is 3. The number of hydrogen-bond donors (Lipinski definition) is 1. The van der Waals surface area contributed by atoms with Gasteiger partial charge in [0.05, 0.1) is 6.10 Å². The second-order valence-electron chi connectivity index (χ2n) is 4.10. The third kappa shape index (κ3) is 3.00. The van der Waals surface area contributed by atoms with Gasteiger partial charge in [-0.3, -0.25) is 0 Å². The first-order chi connectivity index (χ1) is 6.49. The van der Waals surface area contributed by atoms with Crippen molar-refractivity contribution in [2.24, 2.45) is 0 Å². The summed E-state index contributed by atoms with van der Waals surface area (Å²) in [5.41, 5.74) is 4.39. The van der Waals surface area contributed by atoms with Crippen molar-refractivity contribution < 1.29 is 5.11 Å². The molecule has 0 aliphatic carbocycles. The summed E-state index contributed by atoms with van der Waals surface area (Å²) in [6, 6.07) is 6.16. The van der Waals surface area contributed by atoms with E-state index in [1.165, 1.54) is 11.1 Å². The summed E-state index contributed by atoms with van der Waals surface area (Å²) in [5, 5.41) is 9.88. The molecule has 0 saturated carbocycles. The molecule has 0 heterocycles. The van der Waals surface area contributed by atoms with Crippen molar-refractivity contribution in [3.8, 4) is 0 Å². The Hall–Kier alpha value is -1.08. The van der Waals surface area contributed by atoms with Gasteiger partial charge in [0.15, 0.2) is 0 Å². The summed E-state index contributed by atoms with van der Waals surface area (Å²) in [6.07, 6.45) is 0.231. The van der Waals surface area contributed by atoms with Gasteiger partial charge in [-0.1, -0.05) is 34.9 Å². The van der Waals surface area contributed by atoms with Crippen molar-refractivity contribution in [1.29, 1.82) is 0 Å². The number of benzene rings is 1. The van der Waals surface area contributed by atoms with E-state index < -0.39 is 6.10 Å². The van der Waals surface area contributed by atoms with Crippen LogP contribution in [0.3, 0.4) is 0 Å². The summed E-state index contributed by atoms with van der Waals surface area (Å²) >= 11 is 0. The van der Waals surface area contributed by atoms with E-state index >= 15 is 0 Å². The Morgan fingerprint density at radius 2 is 1.79 bits per heavy atom. The highest BCUT2D eigenvalue weighted by molar-refractivity contribution is 5.30. The Morgan fingerprint density at radius 1 is 1.29 bits per heavy atom. The molecule has 0 unspecified atom stereocenters. The van der Waals surface area contributed by atoms with Crippen LogP contribution < -0.4 is 0 Å². The van der Waals surface area contributed by atoms with Gasteiger partial charge in [0, 0.05) is 0 Å². The molecule has 76 valence electrons. The smallest absolute Gasteiger partial charge is 0.0827 e. The first-order valence-electron chi connectivity index (χ1n) is 4.89. The van der Waals surface area contributed by atoms with E-state index in [9.17, 15) is 5.11 Å². The molecular weight excluding hydrogens is 172 g/mol. The van der Waals surface area contributed by atoms with E-state index in [0.29, 0.717) is 6.42 Å². The molecule has 0 aromatic heterocycles. The normalized spacial score (nSPS) is 12.6. The number of aryl methyl sites for hydroxylation is 2. The first-order valence-corrected chi connectivity index (χ1v) is 4.89.